The number of carbonyl (C=O) groups excluding carboxylic acids is 2. The van der Waals surface area contributed by atoms with Crippen LogP contribution in [0.5, 0.6) is 0 Å². The van der Waals surface area contributed by atoms with E-state index in [9.17, 15) is 14.7 Å². The minimum atomic E-state index is -1.14. The van der Waals surface area contributed by atoms with Crippen molar-refractivity contribution in [1.29, 1.82) is 0 Å². The monoisotopic (exact) mass is 302 g/mol. The maximum Gasteiger partial charge on any atom is 1.00 e. The van der Waals surface area contributed by atoms with Crippen LogP contribution in [0, 0.1) is 23.7 Å². The molecule has 2 unspecified atom stereocenters. The zero-order valence-electron chi connectivity index (χ0n) is 12.9. The van der Waals surface area contributed by atoms with Gasteiger partial charge in [0, 0.05) is 37.8 Å². The number of aryl methyl sites for hydroxylation is 1. The summed E-state index contributed by atoms with van der Waals surface area (Å²) >= 11 is 0. The number of carbonyl (C=O) groups is 2. The first-order chi connectivity index (χ1) is 9.43. The van der Waals surface area contributed by atoms with Crippen LogP contribution in [0.1, 0.15) is 19.7 Å². The smallest absolute Gasteiger partial charge is 0.550 e. The molecule has 7 nitrogen and oxygen atoms in total. The largest absolute Gasteiger partial charge is 1.00 e. The van der Waals surface area contributed by atoms with Crippen LogP contribution in [-0.2, 0) is 23.1 Å². The van der Waals surface area contributed by atoms with Gasteiger partial charge in [0.2, 0.25) is 5.91 Å². The first-order valence-corrected chi connectivity index (χ1v) is 6.75. The molecule has 0 bridgehead atoms. The van der Waals surface area contributed by atoms with Crippen molar-refractivity contribution < 1.29 is 44.3 Å². The third-order valence-corrected chi connectivity index (χ3v) is 4.38. The summed E-state index contributed by atoms with van der Waals surface area (Å²) in [6.45, 7) is 4.16. The number of aliphatic carboxylic acids is 1. The van der Waals surface area contributed by atoms with Gasteiger partial charge < -0.3 is 15.2 Å². The Kier molecular flexibility index (Phi) is 6.37. The Hall–Kier alpha value is -0.920. The van der Waals surface area contributed by atoms with Gasteiger partial charge in [0.05, 0.1) is 0 Å². The second-order valence-corrected chi connectivity index (χ2v) is 5.43. The van der Waals surface area contributed by atoms with Gasteiger partial charge in [-0.25, -0.2) is 4.98 Å². The zero-order valence-corrected chi connectivity index (χ0v) is 14.9. The quantitative estimate of drug-likeness (QED) is 0.555. The van der Waals surface area contributed by atoms with Crippen molar-refractivity contribution in [2.24, 2.45) is 30.7 Å². The fourth-order valence-electron chi connectivity index (χ4n) is 2.89. The van der Waals surface area contributed by atoms with Crippen molar-refractivity contribution in [2.75, 3.05) is 6.54 Å². The Morgan fingerprint density at radius 3 is 2.48 bits per heavy atom. The number of nitrogens with one attached hydrogen (secondary N) is 1. The van der Waals surface area contributed by atoms with Crippen LogP contribution >= 0.6 is 0 Å². The molecule has 1 aromatic rings. The van der Waals surface area contributed by atoms with Gasteiger partial charge in [-0.1, -0.05) is 13.8 Å². The van der Waals surface area contributed by atoms with Gasteiger partial charge in [0.25, 0.3) is 0 Å². The molecule has 1 heterocycles. The standard InChI is InChI=1S/C13H20N4O3.Na/c1-7-8(2)11(13(19)20)10(7)12(18)14-5-4-9-15-6-16-17(9)3;/h6-8,10-11H,4-5H2,1-3H3,(H,14,18)(H,19,20);/q;+1/p-1/t7?,8?,10-,11+;/m0./s1. The number of carboxylic acids is 1. The van der Waals surface area contributed by atoms with Gasteiger partial charge >= 0.3 is 29.6 Å². The van der Waals surface area contributed by atoms with Crippen molar-refractivity contribution >= 4 is 11.9 Å². The van der Waals surface area contributed by atoms with Gasteiger partial charge in [-0.3, -0.25) is 9.48 Å². The first kappa shape index (κ1) is 18.1. The molecule has 1 aliphatic carbocycles. The Bertz CT molecular complexity index is 519. The molecule has 110 valence electrons. The first-order valence-electron chi connectivity index (χ1n) is 6.75. The van der Waals surface area contributed by atoms with E-state index in [4.69, 9.17) is 0 Å². The molecule has 0 aromatic carbocycles. The molecule has 1 N–H and O–H groups in total. The van der Waals surface area contributed by atoms with E-state index in [1.165, 1.54) is 6.33 Å². The molecule has 1 aliphatic rings. The summed E-state index contributed by atoms with van der Waals surface area (Å²) in [7, 11) is 1.78. The molecule has 1 aromatic heterocycles. The van der Waals surface area contributed by atoms with E-state index in [1.54, 1.807) is 11.7 Å². The predicted octanol–water partition coefficient (Wildman–Crippen LogP) is -4.25. The fraction of sp³-hybridized carbons (Fsp3) is 0.692. The summed E-state index contributed by atoms with van der Waals surface area (Å²) in [6, 6.07) is 0. The van der Waals surface area contributed by atoms with Crippen LogP contribution in [0.15, 0.2) is 6.33 Å². The van der Waals surface area contributed by atoms with E-state index in [1.807, 2.05) is 13.8 Å². The molecule has 4 atom stereocenters. The van der Waals surface area contributed by atoms with E-state index in [-0.39, 0.29) is 47.3 Å². The number of nitrogens with zero attached hydrogens (tertiary/aromatic N) is 3. The molecule has 0 spiro atoms. The summed E-state index contributed by atoms with van der Waals surface area (Å²) in [5.74, 6) is -1.70. The number of aromatic nitrogens is 3. The maximum absolute atomic E-state index is 12.1. The van der Waals surface area contributed by atoms with E-state index >= 15 is 0 Å². The van der Waals surface area contributed by atoms with Crippen LogP contribution in [0.25, 0.3) is 0 Å². The summed E-state index contributed by atoms with van der Waals surface area (Å²) in [5, 5.41) is 17.8. The van der Waals surface area contributed by atoms with E-state index < -0.39 is 17.8 Å². The molecule has 0 radical (unpaired) electrons. The Labute approximate surface area is 145 Å². The topological polar surface area (TPSA) is 99.9 Å². The third-order valence-electron chi connectivity index (χ3n) is 4.38. The van der Waals surface area contributed by atoms with Crippen molar-refractivity contribution in [2.45, 2.75) is 20.3 Å². The predicted molar refractivity (Wildman–Crippen MR) is 68.0 cm³/mol. The molecule has 1 saturated carbocycles. The van der Waals surface area contributed by atoms with Crippen molar-refractivity contribution in [3.05, 3.63) is 12.2 Å². The number of hydrogen-bond donors (Lipinski definition) is 1. The van der Waals surface area contributed by atoms with Crippen LogP contribution in [0.3, 0.4) is 0 Å². The average molecular weight is 302 g/mol. The molecular weight excluding hydrogens is 283 g/mol. The molecule has 0 saturated heterocycles. The van der Waals surface area contributed by atoms with Crippen LogP contribution < -0.4 is 40.0 Å². The fourth-order valence-corrected chi connectivity index (χ4v) is 2.89. The van der Waals surface area contributed by atoms with Crippen molar-refractivity contribution in [1.82, 2.24) is 20.1 Å². The van der Waals surface area contributed by atoms with Crippen molar-refractivity contribution in [3.8, 4) is 0 Å². The zero-order chi connectivity index (χ0) is 14.9. The van der Waals surface area contributed by atoms with E-state index in [2.05, 4.69) is 15.4 Å². The summed E-state index contributed by atoms with van der Waals surface area (Å²) in [4.78, 5) is 27.2. The van der Waals surface area contributed by atoms with E-state index in [0.717, 1.165) is 5.82 Å². The van der Waals surface area contributed by atoms with Gasteiger partial charge in [0.15, 0.2) is 0 Å². The third kappa shape index (κ3) is 3.64. The second kappa shape index (κ2) is 7.38. The number of carboxylic acid groups (broad SMARTS) is 1. The second-order valence-electron chi connectivity index (χ2n) is 5.43. The van der Waals surface area contributed by atoms with Gasteiger partial charge in [-0.15, -0.1) is 0 Å². The van der Waals surface area contributed by atoms with Crippen LogP contribution in [-0.4, -0.2) is 33.2 Å². The minimum absolute atomic E-state index is 0. The maximum atomic E-state index is 12.1. The molecule has 21 heavy (non-hydrogen) atoms. The van der Waals surface area contributed by atoms with Crippen molar-refractivity contribution in [3.63, 3.8) is 0 Å². The van der Waals surface area contributed by atoms with Gasteiger partial charge in [0.1, 0.15) is 12.2 Å². The Morgan fingerprint density at radius 1 is 1.33 bits per heavy atom. The Morgan fingerprint density at radius 2 is 1.95 bits per heavy atom. The van der Waals surface area contributed by atoms with Gasteiger partial charge in [-0.2, -0.15) is 5.10 Å². The number of amides is 1. The summed E-state index contributed by atoms with van der Waals surface area (Å²) < 4.78 is 1.64. The Balaban J connectivity index is 0.00000220. The summed E-state index contributed by atoms with van der Waals surface area (Å²) in [6.07, 6.45) is 2.02. The molecule has 1 fully saturated rings. The molecule has 0 aliphatic heterocycles. The summed E-state index contributed by atoms with van der Waals surface area (Å²) in [5.41, 5.74) is 0. The van der Waals surface area contributed by atoms with E-state index in [0.29, 0.717) is 13.0 Å². The number of hydrogen-bond acceptors (Lipinski definition) is 5. The molecule has 2 rings (SSSR count). The average Bonchev–Trinajstić information content (AvgIpc) is 2.79. The SMILES string of the molecule is CC1C(C)[C@H](C(=O)NCCc2ncnn2C)[C@@H]1C(=O)[O-].[Na+]. The number of rotatable bonds is 5. The van der Waals surface area contributed by atoms with Crippen LogP contribution in [0.4, 0.5) is 0 Å². The van der Waals surface area contributed by atoms with Gasteiger partial charge in [-0.05, 0) is 11.8 Å². The molecule has 8 heteroatoms. The molecule has 1 amide bonds. The van der Waals surface area contributed by atoms with Crippen LogP contribution in [0.2, 0.25) is 0 Å². The minimum Gasteiger partial charge on any atom is -0.550 e. The molecular formula is C13H19N4NaO3. The normalized spacial score (nSPS) is 27.4.